The topological polar surface area (TPSA) is 38.7 Å². The molecule has 3 aromatic heterocycles. The minimum Gasteiger partial charge on any atom is -0.265 e. The summed E-state index contributed by atoms with van der Waals surface area (Å²) in [5, 5.41) is 0. The first-order valence-corrected chi connectivity index (χ1v) is 8.72. The van der Waals surface area contributed by atoms with Crippen LogP contribution >= 0.6 is 0 Å². The number of rotatable bonds is 3. The summed E-state index contributed by atoms with van der Waals surface area (Å²) in [6.07, 6.45) is 18.0. The van der Waals surface area contributed by atoms with Crippen molar-refractivity contribution in [3.05, 3.63) is 67.0 Å². The van der Waals surface area contributed by atoms with Gasteiger partial charge >= 0.3 is 0 Å². The molecule has 0 N–H and O–H groups in total. The average molecular weight is 315 g/mol. The fraction of sp³-hybridized carbons (Fsp3) is 0.286. The molecule has 0 atom stereocenters. The summed E-state index contributed by atoms with van der Waals surface area (Å²) in [6, 6.07) is 8.29. The van der Waals surface area contributed by atoms with Crippen molar-refractivity contribution in [1.82, 2.24) is 15.0 Å². The molecular weight excluding hydrogens is 294 g/mol. The summed E-state index contributed by atoms with van der Waals surface area (Å²) >= 11 is 0. The molecule has 3 heterocycles. The molecule has 24 heavy (non-hydrogen) atoms. The van der Waals surface area contributed by atoms with Crippen LogP contribution in [-0.2, 0) is 0 Å². The van der Waals surface area contributed by atoms with E-state index in [1.165, 1.54) is 48.8 Å². The van der Waals surface area contributed by atoms with Crippen LogP contribution in [0.4, 0.5) is 0 Å². The number of hydrogen-bond acceptors (Lipinski definition) is 3. The predicted octanol–water partition coefficient (Wildman–Crippen LogP) is 5.25. The van der Waals surface area contributed by atoms with E-state index < -0.39 is 0 Å². The SMILES string of the molecule is c1cncc(-c2cncc(C3CCCCC3)c2-c2ccncc2)c1. The second kappa shape index (κ2) is 6.91. The Kier molecular flexibility index (Phi) is 4.32. The van der Waals surface area contributed by atoms with Crippen molar-refractivity contribution in [2.75, 3.05) is 0 Å². The van der Waals surface area contributed by atoms with E-state index >= 15 is 0 Å². The molecule has 0 aliphatic heterocycles. The Labute approximate surface area is 142 Å². The molecule has 0 bridgehead atoms. The second-order valence-corrected chi connectivity index (χ2v) is 6.46. The van der Waals surface area contributed by atoms with Crippen molar-refractivity contribution in [1.29, 1.82) is 0 Å². The summed E-state index contributed by atoms with van der Waals surface area (Å²) < 4.78 is 0. The van der Waals surface area contributed by atoms with Crippen molar-refractivity contribution >= 4 is 0 Å². The second-order valence-electron chi connectivity index (χ2n) is 6.46. The Morgan fingerprint density at radius 2 is 1.54 bits per heavy atom. The lowest BCUT2D eigenvalue weighted by molar-refractivity contribution is 0.443. The van der Waals surface area contributed by atoms with E-state index in [0.29, 0.717) is 5.92 Å². The van der Waals surface area contributed by atoms with Crippen molar-refractivity contribution < 1.29 is 0 Å². The highest BCUT2D eigenvalue weighted by Crippen LogP contribution is 2.41. The molecule has 3 aromatic rings. The molecular formula is C21H21N3. The van der Waals surface area contributed by atoms with Gasteiger partial charge in [0.25, 0.3) is 0 Å². The molecule has 1 aliphatic carbocycles. The van der Waals surface area contributed by atoms with E-state index in [0.717, 1.165) is 11.1 Å². The number of nitrogens with zero attached hydrogens (tertiary/aromatic N) is 3. The summed E-state index contributed by atoms with van der Waals surface area (Å²) in [4.78, 5) is 13.1. The first-order chi connectivity index (χ1) is 11.9. The average Bonchev–Trinajstić information content (AvgIpc) is 2.69. The van der Waals surface area contributed by atoms with Crippen LogP contribution in [0, 0.1) is 0 Å². The van der Waals surface area contributed by atoms with Gasteiger partial charge in [0.1, 0.15) is 0 Å². The van der Waals surface area contributed by atoms with Gasteiger partial charge in [-0.25, -0.2) is 0 Å². The molecule has 1 fully saturated rings. The minimum atomic E-state index is 0.603. The van der Waals surface area contributed by atoms with E-state index in [-0.39, 0.29) is 0 Å². The van der Waals surface area contributed by atoms with Gasteiger partial charge in [-0.1, -0.05) is 25.3 Å². The van der Waals surface area contributed by atoms with Gasteiger partial charge in [-0.15, -0.1) is 0 Å². The van der Waals surface area contributed by atoms with E-state index in [1.54, 1.807) is 0 Å². The van der Waals surface area contributed by atoms with Crippen molar-refractivity contribution in [3.8, 4) is 22.3 Å². The molecule has 1 saturated carbocycles. The largest absolute Gasteiger partial charge is 0.265 e. The third kappa shape index (κ3) is 2.94. The zero-order chi connectivity index (χ0) is 16.2. The minimum absolute atomic E-state index is 0.603. The first-order valence-electron chi connectivity index (χ1n) is 8.72. The smallest absolute Gasteiger partial charge is 0.0353 e. The monoisotopic (exact) mass is 315 g/mol. The Balaban J connectivity index is 1.91. The summed E-state index contributed by atoms with van der Waals surface area (Å²) in [5.41, 5.74) is 6.17. The molecule has 0 saturated heterocycles. The van der Waals surface area contributed by atoms with Crippen LogP contribution in [-0.4, -0.2) is 15.0 Å². The number of hydrogen-bond donors (Lipinski definition) is 0. The summed E-state index contributed by atoms with van der Waals surface area (Å²) in [6.45, 7) is 0. The molecule has 0 aromatic carbocycles. The highest BCUT2D eigenvalue weighted by molar-refractivity contribution is 5.85. The van der Waals surface area contributed by atoms with Crippen LogP contribution in [0.1, 0.15) is 43.6 Å². The van der Waals surface area contributed by atoms with Crippen molar-refractivity contribution in [2.45, 2.75) is 38.0 Å². The summed E-state index contributed by atoms with van der Waals surface area (Å²) in [5.74, 6) is 0.603. The molecule has 0 unspecified atom stereocenters. The van der Waals surface area contributed by atoms with E-state index in [1.807, 2.05) is 37.1 Å². The van der Waals surface area contributed by atoms with Crippen LogP contribution in [0.15, 0.2) is 61.4 Å². The van der Waals surface area contributed by atoms with Gasteiger partial charge in [-0.2, -0.15) is 0 Å². The van der Waals surface area contributed by atoms with Gasteiger partial charge in [-0.3, -0.25) is 15.0 Å². The van der Waals surface area contributed by atoms with Gasteiger partial charge in [-0.05, 0) is 53.6 Å². The Morgan fingerprint density at radius 3 is 2.29 bits per heavy atom. The quantitative estimate of drug-likeness (QED) is 0.662. The lowest BCUT2D eigenvalue weighted by Gasteiger charge is -2.25. The maximum atomic E-state index is 4.58. The predicted molar refractivity (Wildman–Crippen MR) is 96.5 cm³/mol. The lowest BCUT2D eigenvalue weighted by atomic mass is 9.80. The third-order valence-electron chi connectivity index (χ3n) is 4.96. The third-order valence-corrected chi connectivity index (χ3v) is 4.96. The van der Waals surface area contributed by atoms with Gasteiger partial charge in [0.2, 0.25) is 0 Å². The van der Waals surface area contributed by atoms with E-state index in [4.69, 9.17) is 0 Å². The van der Waals surface area contributed by atoms with Crippen LogP contribution in [0.5, 0.6) is 0 Å². The normalized spacial score (nSPS) is 15.3. The van der Waals surface area contributed by atoms with E-state index in [9.17, 15) is 0 Å². The zero-order valence-electron chi connectivity index (χ0n) is 13.7. The fourth-order valence-corrected chi connectivity index (χ4v) is 3.78. The molecule has 0 amide bonds. The van der Waals surface area contributed by atoms with Crippen molar-refractivity contribution in [2.24, 2.45) is 0 Å². The molecule has 120 valence electrons. The van der Waals surface area contributed by atoms with Crippen LogP contribution in [0.25, 0.3) is 22.3 Å². The summed E-state index contributed by atoms with van der Waals surface area (Å²) in [7, 11) is 0. The van der Waals surface area contributed by atoms with Gasteiger partial charge in [0.15, 0.2) is 0 Å². The van der Waals surface area contributed by atoms with E-state index in [2.05, 4.69) is 39.3 Å². The van der Waals surface area contributed by atoms with Crippen molar-refractivity contribution in [3.63, 3.8) is 0 Å². The molecule has 0 radical (unpaired) electrons. The Morgan fingerprint density at radius 1 is 0.708 bits per heavy atom. The Hall–Kier alpha value is -2.55. The number of aromatic nitrogens is 3. The van der Waals surface area contributed by atoms with Crippen LogP contribution < -0.4 is 0 Å². The number of pyridine rings is 3. The zero-order valence-corrected chi connectivity index (χ0v) is 13.7. The van der Waals surface area contributed by atoms with Gasteiger partial charge in [0.05, 0.1) is 0 Å². The lowest BCUT2D eigenvalue weighted by Crippen LogP contribution is -2.07. The standard InChI is InChI=1S/C21H21N3/c1-2-5-16(6-3-1)19-14-24-15-20(18-7-4-10-23-13-18)21(19)17-8-11-22-12-9-17/h4,7-16H,1-3,5-6H2. The highest BCUT2D eigenvalue weighted by Gasteiger charge is 2.22. The maximum Gasteiger partial charge on any atom is 0.0353 e. The van der Waals surface area contributed by atoms with Crippen LogP contribution in [0.2, 0.25) is 0 Å². The molecule has 3 nitrogen and oxygen atoms in total. The fourth-order valence-electron chi connectivity index (χ4n) is 3.78. The first kappa shape index (κ1) is 15.0. The molecule has 0 spiro atoms. The Bertz CT molecular complexity index is 794. The molecule has 4 rings (SSSR count). The highest BCUT2D eigenvalue weighted by atomic mass is 14.7. The molecule has 3 heteroatoms. The van der Waals surface area contributed by atoms with Gasteiger partial charge < -0.3 is 0 Å². The van der Waals surface area contributed by atoms with Gasteiger partial charge in [0, 0.05) is 48.3 Å². The maximum absolute atomic E-state index is 4.58. The van der Waals surface area contributed by atoms with Crippen LogP contribution in [0.3, 0.4) is 0 Å². The molecule has 1 aliphatic rings.